The van der Waals surface area contributed by atoms with Crippen LogP contribution in [0.4, 0.5) is 17.5 Å². The van der Waals surface area contributed by atoms with Gasteiger partial charge < -0.3 is 46.8 Å². The Morgan fingerprint density at radius 3 is 1.14 bits per heavy atom. The molecule has 6 aromatic heterocycles. The molecule has 31 heteroatoms. The number of hydrogen-bond donors (Lipinski definition) is 6. The second-order valence-corrected chi connectivity index (χ2v) is 31.7. The summed E-state index contributed by atoms with van der Waals surface area (Å²) in [5.41, 5.74) is 33.3. The van der Waals surface area contributed by atoms with Crippen molar-refractivity contribution in [2.75, 3.05) is 37.0 Å². The lowest BCUT2D eigenvalue weighted by molar-refractivity contribution is 0.554. The van der Waals surface area contributed by atoms with Gasteiger partial charge in [-0.15, -0.1) is 30.6 Å². The third kappa shape index (κ3) is 17.0. The van der Waals surface area contributed by atoms with Crippen LogP contribution in [0, 0.1) is 0 Å². The molecular formula is C70H73ClN18O9S3. The molecule has 101 heavy (non-hydrogen) atoms. The first-order chi connectivity index (χ1) is 48.1. The van der Waals surface area contributed by atoms with Crippen molar-refractivity contribution >= 4 is 58.6 Å². The Kier molecular flexibility index (Phi) is 22.4. The molecule has 0 atom stereocenters. The molecule has 27 nitrogen and oxygen atoms in total. The lowest BCUT2D eigenvalue weighted by atomic mass is 9.95. The number of benzene rings is 6. The molecule has 0 amide bonds. The SMILES string of the molecule is CC(C)S(=O)(=O)c1ccc(-c2cnc(N)c(-c3nnc(-c4ccc(C(C)(C)N)cc4)o3)n2)cc1.CCCS(=O)(=O)c1ccc(-c2cnc(N)c(-c3nnc(-c4ccc(CNC)cc4)o3)n2)cc1.CNCc1ccc(-c2nnc(-c3nc(-c4ccc(S(=O)(=O)C(C)C)cc4)cnc3N)o2)cc1Cl. The quantitative estimate of drug-likeness (QED) is 0.0389. The number of aromatic nitrogens is 12. The Hall–Kier alpha value is -10.6. The highest BCUT2D eigenvalue weighted by Gasteiger charge is 2.25. The average molecular weight is 1440 g/mol. The Morgan fingerprint density at radius 1 is 0.455 bits per heavy atom. The number of anilines is 3. The van der Waals surface area contributed by atoms with Crippen molar-refractivity contribution in [3.8, 4) is 103 Å². The maximum Gasteiger partial charge on any atom is 0.270 e. The second kappa shape index (κ2) is 30.9. The van der Waals surface area contributed by atoms with Gasteiger partial charge in [0.15, 0.2) is 64.0 Å². The van der Waals surface area contributed by atoms with Crippen molar-refractivity contribution in [2.45, 2.75) is 98.7 Å². The van der Waals surface area contributed by atoms with Gasteiger partial charge in [0.05, 0.1) is 66.6 Å². The van der Waals surface area contributed by atoms with Gasteiger partial charge >= 0.3 is 0 Å². The molecule has 0 saturated carbocycles. The van der Waals surface area contributed by atoms with E-state index in [1.165, 1.54) is 18.6 Å². The number of rotatable bonds is 21. The van der Waals surface area contributed by atoms with Gasteiger partial charge in [-0.3, -0.25) is 0 Å². The number of sulfone groups is 3. The van der Waals surface area contributed by atoms with Gasteiger partial charge in [0.25, 0.3) is 17.7 Å². The Balaban J connectivity index is 0.000000163. The minimum absolute atomic E-state index is 0.107. The molecule has 0 fully saturated rings. The van der Waals surface area contributed by atoms with E-state index >= 15 is 0 Å². The van der Waals surface area contributed by atoms with Crippen LogP contribution in [-0.4, -0.2) is 116 Å². The Morgan fingerprint density at radius 2 is 0.792 bits per heavy atom. The number of nitrogens with one attached hydrogen (secondary N) is 2. The van der Waals surface area contributed by atoms with Crippen molar-refractivity contribution < 1.29 is 38.5 Å². The molecule has 0 unspecified atom stereocenters. The molecule has 12 aromatic rings. The minimum Gasteiger partial charge on any atom is -0.414 e. The molecule has 0 radical (unpaired) electrons. The fourth-order valence-corrected chi connectivity index (χ4v) is 13.5. The predicted octanol–water partition coefficient (Wildman–Crippen LogP) is 11.2. The first-order valence-corrected chi connectivity index (χ1v) is 36.7. The lowest BCUT2D eigenvalue weighted by Gasteiger charge is -2.18. The molecule has 12 rings (SSSR count). The molecule has 0 aliphatic heterocycles. The van der Waals surface area contributed by atoms with E-state index in [9.17, 15) is 25.3 Å². The first kappa shape index (κ1) is 73.1. The summed E-state index contributed by atoms with van der Waals surface area (Å²) >= 11 is 6.34. The smallest absolute Gasteiger partial charge is 0.270 e. The summed E-state index contributed by atoms with van der Waals surface area (Å²) in [6.45, 7) is 13.7. The standard InChI is InChI=1S/C24H26N6O3S.C23H23ClN6O3S.C23H24N6O3S/c1-14(2)34(31,32)18-11-7-15(8-12-18)19-13-27-21(25)20(28-19)23-30-29-22(33-23)16-5-9-17(10-6-16)24(3,4)26;1-13(2)34(31,32)17-8-6-14(7-9-17)19-12-27-21(25)20(28-19)23-30-29-22(33-23)15-4-5-16(11-26-3)18(24)10-15;1-3-12-33(30,31)18-10-8-16(9-11-18)19-14-26-21(24)20(27-19)23-29-28-22(32-23)17-6-4-15(5-7-17)13-25-2/h5-14H,26H2,1-4H3,(H2,25,27);4-10,12-13,26H,11H2,1-3H3,(H2,25,27);4-11,14,25H,3,12-13H2,1-2H3,(H2,24,26). The molecule has 6 heterocycles. The zero-order chi connectivity index (χ0) is 72.6. The summed E-state index contributed by atoms with van der Waals surface area (Å²) in [6, 6.07) is 40.2. The average Bonchev–Trinajstić information content (AvgIpc) is 1.79. The molecule has 10 N–H and O–H groups in total. The van der Waals surface area contributed by atoms with E-state index in [1.54, 1.807) is 107 Å². The molecule has 0 spiro atoms. The molecule has 522 valence electrons. The van der Waals surface area contributed by atoms with E-state index in [2.05, 4.69) is 71.1 Å². The van der Waals surface area contributed by atoms with E-state index in [-0.39, 0.29) is 78.5 Å². The van der Waals surface area contributed by atoms with Gasteiger partial charge in [-0.1, -0.05) is 85.3 Å². The van der Waals surface area contributed by atoms with Crippen LogP contribution in [0.15, 0.2) is 186 Å². The Labute approximate surface area is 588 Å². The number of nitrogen functional groups attached to an aromatic ring is 3. The van der Waals surface area contributed by atoms with Gasteiger partial charge in [-0.2, -0.15) is 0 Å². The molecule has 0 bridgehead atoms. The van der Waals surface area contributed by atoms with E-state index in [4.69, 9.17) is 47.8 Å². The van der Waals surface area contributed by atoms with Crippen molar-refractivity contribution in [1.82, 2.24) is 71.1 Å². The third-order valence-corrected chi connectivity index (χ3v) is 22.2. The van der Waals surface area contributed by atoms with E-state index < -0.39 is 45.6 Å². The van der Waals surface area contributed by atoms with Crippen LogP contribution in [-0.2, 0) is 48.1 Å². The summed E-state index contributed by atoms with van der Waals surface area (Å²) in [5.74, 6) is 1.83. The molecule has 0 aliphatic rings. The minimum atomic E-state index is -3.37. The highest BCUT2D eigenvalue weighted by Crippen LogP contribution is 2.34. The van der Waals surface area contributed by atoms with Crippen LogP contribution in [0.25, 0.3) is 103 Å². The van der Waals surface area contributed by atoms with Gasteiger partial charge in [-0.25, -0.2) is 55.2 Å². The van der Waals surface area contributed by atoms with Gasteiger partial charge in [0, 0.05) is 57.0 Å². The summed E-state index contributed by atoms with van der Waals surface area (Å²) < 4.78 is 91.5. The van der Waals surface area contributed by atoms with Crippen LogP contribution in [0.2, 0.25) is 5.02 Å². The van der Waals surface area contributed by atoms with Crippen LogP contribution in [0.1, 0.15) is 71.6 Å². The number of hydrogen-bond acceptors (Lipinski definition) is 27. The van der Waals surface area contributed by atoms with Crippen molar-refractivity contribution in [3.63, 3.8) is 0 Å². The maximum absolute atomic E-state index is 12.4. The van der Waals surface area contributed by atoms with Crippen LogP contribution in [0.5, 0.6) is 0 Å². The second-order valence-electron chi connectivity index (χ2n) is 24.1. The summed E-state index contributed by atoms with van der Waals surface area (Å²) in [6.07, 6.45) is 5.09. The summed E-state index contributed by atoms with van der Waals surface area (Å²) in [7, 11) is -6.29. The Bertz CT molecular complexity index is 5250. The van der Waals surface area contributed by atoms with Gasteiger partial charge in [0.1, 0.15) is 0 Å². The van der Waals surface area contributed by atoms with E-state index in [1.807, 2.05) is 95.5 Å². The fraction of sp³-hybridized carbons (Fsp3) is 0.229. The number of nitrogens with zero attached hydrogens (tertiary/aromatic N) is 12. The molecule has 0 saturated heterocycles. The topological polar surface area (TPSA) is 425 Å². The third-order valence-electron chi connectivity index (χ3n) is 15.6. The molecule has 6 aromatic carbocycles. The largest absolute Gasteiger partial charge is 0.414 e. The van der Waals surface area contributed by atoms with Gasteiger partial charge in [-0.05, 0) is 152 Å². The van der Waals surface area contributed by atoms with E-state index in [0.29, 0.717) is 69.1 Å². The van der Waals surface area contributed by atoms with Crippen LogP contribution < -0.4 is 33.6 Å². The zero-order valence-corrected chi connectivity index (χ0v) is 59.7. The predicted molar refractivity (Wildman–Crippen MR) is 387 cm³/mol. The number of halogens is 1. The van der Waals surface area contributed by atoms with E-state index in [0.717, 1.165) is 34.4 Å². The van der Waals surface area contributed by atoms with Gasteiger partial charge in [0.2, 0.25) is 17.7 Å². The van der Waals surface area contributed by atoms with Crippen LogP contribution in [0.3, 0.4) is 0 Å². The normalized spacial score (nSPS) is 11.9. The number of nitrogens with two attached hydrogens (primary N) is 4. The lowest BCUT2D eigenvalue weighted by Crippen LogP contribution is -2.28. The van der Waals surface area contributed by atoms with Crippen molar-refractivity contribution in [1.29, 1.82) is 0 Å². The van der Waals surface area contributed by atoms with Crippen molar-refractivity contribution in [3.05, 3.63) is 180 Å². The van der Waals surface area contributed by atoms with Crippen molar-refractivity contribution in [2.24, 2.45) is 5.73 Å². The zero-order valence-electron chi connectivity index (χ0n) is 56.4. The summed E-state index contributed by atoms with van der Waals surface area (Å²) in [4.78, 5) is 27.0. The highest BCUT2D eigenvalue weighted by atomic mass is 35.5. The highest BCUT2D eigenvalue weighted by molar-refractivity contribution is 7.92. The molecule has 0 aliphatic carbocycles. The monoisotopic (exact) mass is 1440 g/mol. The fourth-order valence-electron chi connectivity index (χ4n) is 9.81. The molecular weight excluding hydrogens is 1370 g/mol. The first-order valence-electron chi connectivity index (χ1n) is 31.6. The maximum atomic E-state index is 12.4. The van der Waals surface area contributed by atoms with Crippen LogP contribution >= 0.6 is 11.6 Å². The summed E-state index contributed by atoms with van der Waals surface area (Å²) in [5, 5.41) is 30.3.